The van der Waals surface area contributed by atoms with E-state index in [2.05, 4.69) is 16.0 Å². The molecule has 7 nitrogen and oxygen atoms in total. The van der Waals surface area contributed by atoms with Crippen LogP contribution in [0.4, 0.5) is 11.4 Å². The second-order valence-corrected chi connectivity index (χ2v) is 7.64. The van der Waals surface area contributed by atoms with E-state index in [1.807, 2.05) is 13.8 Å². The number of hydrogen-bond donors (Lipinski definition) is 3. The zero-order valence-electron chi connectivity index (χ0n) is 17.0. The van der Waals surface area contributed by atoms with Gasteiger partial charge in [-0.1, -0.05) is 25.4 Å². The van der Waals surface area contributed by atoms with Crippen LogP contribution < -0.4 is 16.0 Å². The minimum Gasteiger partial charge on any atom is -0.459 e. The van der Waals surface area contributed by atoms with Crippen LogP contribution in [0.5, 0.6) is 0 Å². The van der Waals surface area contributed by atoms with Gasteiger partial charge < -0.3 is 20.4 Å². The number of benzene rings is 2. The molecule has 1 aromatic heterocycles. The number of carbonyl (C=O) groups is 3. The quantitative estimate of drug-likeness (QED) is 0.501. The molecule has 0 aliphatic heterocycles. The molecule has 0 spiro atoms. The predicted molar refractivity (Wildman–Crippen MR) is 119 cm³/mol. The Labute approximate surface area is 184 Å². The molecule has 1 atom stereocenters. The SMILES string of the molecule is CC(C)[C@@H](NC(=O)c1ccc(Cl)cc1)C(=O)Nc1ccc(NC(=O)c2ccco2)cc1. The van der Waals surface area contributed by atoms with E-state index in [0.29, 0.717) is 22.0 Å². The monoisotopic (exact) mass is 439 g/mol. The van der Waals surface area contributed by atoms with Gasteiger partial charge in [0.15, 0.2) is 5.76 Å². The first-order chi connectivity index (χ1) is 14.8. The zero-order chi connectivity index (χ0) is 22.4. The van der Waals surface area contributed by atoms with Crippen molar-refractivity contribution < 1.29 is 18.8 Å². The van der Waals surface area contributed by atoms with Crippen LogP contribution in [0.2, 0.25) is 5.02 Å². The Morgan fingerprint density at radius 1 is 0.839 bits per heavy atom. The fourth-order valence-corrected chi connectivity index (χ4v) is 2.94. The van der Waals surface area contributed by atoms with Crippen LogP contribution in [0, 0.1) is 5.92 Å². The highest BCUT2D eigenvalue weighted by atomic mass is 35.5. The van der Waals surface area contributed by atoms with E-state index in [1.165, 1.54) is 6.26 Å². The molecule has 2 aromatic carbocycles. The Hall–Kier alpha value is -3.58. The van der Waals surface area contributed by atoms with Gasteiger partial charge in [-0.3, -0.25) is 14.4 Å². The van der Waals surface area contributed by atoms with Gasteiger partial charge in [-0.15, -0.1) is 0 Å². The van der Waals surface area contributed by atoms with Gasteiger partial charge in [-0.05, 0) is 66.6 Å². The third-order valence-electron chi connectivity index (χ3n) is 4.50. The van der Waals surface area contributed by atoms with Crippen molar-refractivity contribution in [1.29, 1.82) is 0 Å². The van der Waals surface area contributed by atoms with Crippen LogP contribution in [-0.2, 0) is 4.79 Å². The fraction of sp³-hybridized carbons (Fsp3) is 0.174. The van der Waals surface area contributed by atoms with Gasteiger partial charge in [0.1, 0.15) is 6.04 Å². The summed E-state index contributed by atoms with van der Waals surface area (Å²) < 4.78 is 5.05. The molecule has 1 heterocycles. The standard InChI is InChI=1S/C23H22ClN3O4/c1-14(2)20(27-21(28)15-5-7-16(24)8-6-15)23(30)26-18-11-9-17(10-12-18)25-22(29)19-4-3-13-31-19/h3-14,20H,1-2H3,(H,25,29)(H,26,30)(H,27,28)/t20-/m1/s1. The van der Waals surface area contributed by atoms with Crippen molar-refractivity contribution in [2.45, 2.75) is 19.9 Å². The van der Waals surface area contributed by atoms with Gasteiger partial charge in [0.05, 0.1) is 6.26 Å². The molecule has 160 valence electrons. The summed E-state index contributed by atoms with van der Waals surface area (Å²) in [5.74, 6) is -1.01. The van der Waals surface area contributed by atoms with E-state index >= 15 is 0 Å². The van der Waals surface area contributed by atoms with Gasteiger partial charge in [-0.2, -0.15) is 0 Å². The highest BCUT2D eigenvalue weighted by Gasteiger charge is 2.25. The fourth-order valence-electron chi connectivity index (χ4n) is 2.82. The van der Waals surface area contributed by atoms with E-state index in [0.717, 1.165) is 0 Å². The topological polar surface area (TPSA) is 100 Å². The minimum absolute atomic E-state index is 0.136. The largest absolute Gasteiger partial charge is 0.459 e. The molecule has 0 bridgehead atoms. The Morgan fingerprint density at radius 2 is 1.45 bits per heavy atom. The second-order valence-electron chi connectivity index (χ2n) is 7.20. The number of rotatable bonds is 7. The number of anilines is 2. The predicted octanol–water partition coefficient (Wildman–Crippen LogP) is 4.58. The molecule has 0 unspecified atom stereocenters. The first-order valence-electron chi connectivity index (χ1n) is 9.65. The lowest BCUT2D eigenvalue weighted by Gasteiger charge is -2.22. The van der Waals surface area contributed by atoms with Crippen molar-refractivity contribution in [1.82, 2.24) is 5.32 Å². The maximum atomic E-state index is 12.8. The summed E-state index contributed by atoms with van der Waals surface area (Å²) in [4.78, 5) is 37.3. The van der Waals surface area contributed by atoms with Crippen molar-refractivity contribution in [2.24, 2.45) is 5.92 Å². The zero-order valence-corrected chi connectivity index (χ0v) is 17.8. The Bertz CT molecular complexity index is 1050. The Kier molecular flexibility index (Phi) is 7.10. The van der Waals surface area contributed by atoms with Crippen LogP contribution >= 0.6 is 11.6 Å². The molecule has 0 saturated heterocycles. The number of amides is 3. The highest BCUT2D eigenvalue weighted by molar-refractivity contribution is 6.30. The van der Waals surface area contributed by atoms with Crippen LogP contribution in [0.1, 0.15) is 34.8 Å². The van der Waals surface area contributed by atoms with Gasteiger partial charge >= 0.3 is 0 Å². The summed E-state index contributed by atoms with van der Waals surface area (Å²) in [6, 6.07) is 15.5. The summed E-state index contributed by atoms with van der Waals surface area (Å²) in [5.41, 5.74) is 1.50. The first-order valence-corrected chi connectivity index (χ1v) is 10.0. The van der Waals surface area contributed by atoms with Crippen molar-refractivity contribution in [3.05, 3.63) is 83.3 Å². The highest BCUT2D eigenvalue weighted by Crippen LogP contribution is 2.16. The van der Waals surface area contributed by atoms with Gasteiger partial charge in [-0.25, -0.2) is 0 Å². The molecule has 3 amide bonds. The number of furan rings is 1. The molecule has 0 saturated carbocycles. The van der Waals surface area contributed by atoms with Crippen LogP contribution in [-0.4, -0.2) is 23.8 Å². The molecule has 3 aromatic rings. The molecular formula is C23H22ClN3O4. The Balaban J connectivity index is 1.61. The van der Waals surface area contributed by atoms with Crippen LogP contribution in [0.15, 0.2) is 71.3 Å². The molecule has 31 heavy (non-hydrogen) atoms. The summed E-state index contributed by atoms with van der Waals surface area (Å²) in [6.45, 7) is 3.69. The molecule has 0 aliphatic carbocycles. The third-order valence-corrected chi connectivity index (χ3v) is 4.75. The summed E-state index contributed by atoms with van der Waals surface area (Å²) in [5, 5.41) is 8.78. The van der Waals surface area contributed by atoms with Gasteiger partial charge in [0, 0.05) is 22.0 Å². The maximum Gasteiger partial charge on any atom is 0.291 e. The number of carbonyl (C=O) groups excluding carboxylic acids is 3. The number of hydrogen-bond acceptors (Lipinski definition) is 4. The number of nitrogens with one attached hydrogen (secondary N) is 3. The third kappa shape index (κ3) is 5.96. The van der Waals surface area contributed by atoms with Gasteiger partial charge in [0.2, 0.25) is 5.91 Å². The van der Waals surface area contributed by atoms with Crippen LogP contribution in [0.3, 0.4) is 0 Å². The van der Waals surface area contributed by atoms with Crippen molar-refractivity contribution in [2.75, 3.05) is 10.6 Å². The molecule has 0 fully saturated rings. The average molecular weight is 440 g/mol. The van der Waals surface area contributed by atoms with Crippen molar-refractivity contribution in [3.63, 3.8) is 0 Å². The lowest BCUT2D eigenvalue weighted by molar-refractivity contribution is -0.118. The second kappa shape index (κ2) is 9.95. The first kappa shape index (κ1) is 22.1. The van der Waals surface area contributed by atoms with E-state index in [1.54, 1.807) is 60.7 Å². The lowest BCUT2D eigenvalue weighted by atomic mass is 10.0. The Morgan fingerprint density at radius 3 is 2.00 bits per heavy atom. The summed E-state index contributed by atoms with van der Waals surface area (Å²) in [6.07, 6.45) is 1.42. The summed E-state index contributed by atoms with van der Waals surface area (Å²) >= 11 is 5.85. The normalized spacial score (nSPS) is 11.6. The molecule has 8 heteroatoms. The van der Waals surface area contributed by atoms with Crippen molar-refractivity contribution in [3.8, 4) is 0 Å². The smallest absolute Gasteiger partial charge is 0.291 e. The molecule has 0 aliphatic rings. The summed E-state index contributed by atoms with van der Waals surface area (Å²) in [7, 11) is 0. The van der Waals surface area contributed by atoms with E-state index < -0.39 is 6.04 Å². The lowest BCUT2D eigenvalue weighted by Crippen LogP contribution is -2.47. The molecule has 0 radical (unpaired) electrons. The number of halogens is 1. The van der Waals surface area contributed by atoms with Crippen molar-refractivity contribution >= 4 is 40.7 Å². The van der Waals surface area contributed by atoms with E-state index in [4.69, 9.17) is 16.0 Å². The van der Waals surface area contributed by atoms with Crippen LogP contribution in [0.25, 0.3) is 0 Å². The van der Waals surface area contributed by atoms with Gasteiger partial charge in [0.25, 0.3) is 11.8 Å². The molecule has 3 N–H and O–H groups in total. The van der Waals surface area contributed by atoms with E-state index in [-0.39, 0.29) is 29.4 Å². The molecule has 3 rings (SSSR count). The van der Waals surface area contributed by atoms with E-state index in [9.17, 15) is 14.4 Å². The average Bonchev–Trinajstić information content (AvgIpc) is 3.28. The molecular weight excluding hydrogens is 418 g/mol. The maximum absolute atomic E-state index is 12.8. The minimum atomic E-state index is -0.735.